The molecule has 5 nitrogen and oxygen atoms in total. The number of anilines is 1. The van der Waals surface area contributed by atoms with Gasteiger partial charge in [0.05, 0.1) is 18.8 Å². The molecule has 0 fully saturated rings. The maximum atomic E-state index is 13.5. The summed E-state index contributed by atoms with van der Waals surface area (Å²) in [7, 11) is 0. The van der Waals surface area contributed by atoms with Gasteiger partial charge in [-0.3, -0.25) is 0 Å². The van der Waals surface area contributed by atoms with E-state index < -0.39 is 18.4 Å². The Morgan fingerprint density at radius 1 is 1.46 bits per heavy atom. The smallest absolute Gasteiger partial charge is 0.343 e. The molecule has 0 bridgehead atoms. The average molecular weight is 356 g/mol. The minimum Gasteiger partial charge on any atom is -0.462 e. The number of halogens is 3. The van der Waals surface area contributed by atoms with Crippen molar-refractivity contribution in [3.05, 3.63) is 46.6 Å². The normalized spacial score (nSPS) is 19.7. The lowest BCUT2D eigenvalue weighted by molar-refractivity contribution is 0.0521. The van der Waals surface area contributed by atoms with Crippen LogP contribution in [-0.2, 0) is 4.74 Å². The van der Waals surface area contributed by atoms with Gasteiger partial charge < -0.3 is 10.1 Å². The lowest BCUT2D eigenvalue weighted by Gasteiger charge is -2.32. The Morgan fingerprint density at radius 2 is 2.17 bits per heavy atom. The third kappa shape index (κ3) is 3.08. The molecule has 1 aliphatic rings. The second-order valence-electron chi connectivity index (χ2n) is 5.46. The molecule has 1 N–H and O–H groups in total. The van der Waals surface area contributed by atoms with E-state index in [0.717, 1.165) is 5.56 Å². The lowest BCUT2D eigenvalue weighted by Crippen LogP contribution is -2.31. The number of alkyl halides is 2. The summed E-state index contributed by atoms with van der Waals surface area (Å²) in [5.41, 5.74) is 0.966. The molecule has 0 saturated heterocycles. The SMILES string of the molecule is CCOC(=O)c1cnn2c1N[C@H](c1ccc(Cl)cc1)C[C@@H]2C(F)F. The van der Waals surface area contributed by atoms with Gasteiger partial charge in [-0.05, 0) is 31.0 Å². The summed E-state index contributed by atoms with van der Waals surface area (Å²) in [5, 5.41) is 7.65. The molecule has 2 atom stereocenters. The summed E-state index contributed by atoms with van der Waals surface area (Å²) in [5.74, 6) is -0.332. The Kier molecular flexibility index (Phi) is 4.71. The largest absolute Gasteiger partial charge is 0.462 e. The number of carbonyl (C=O) groups excluding carboxylic acids is 1. The number of rotatable bonds is 4. The van der Waals surface area contributed by atoms with Crippen LogP contribution >= 0.6 is 11.6 Å². The number of benzene rings is 1. The van der Waals surface area contributed by atoms with Crippen LogP contribution in [-0.4, -0.2) is 28.8 Å². The maximum Gasteiger partial charge on any atom is 0.343 e. The van der Waals surface area contributed by atoms with Crippen molar-refractivity contribution >= 4 is 23.4 Å². The average Bonchev–Trinajstić information content (AvgIpc) is 2.98. The number of nitrogens with one attached hydrogen (secondary N) is 1. The van der Waals surface area contributed by atoms with E-state index in [-0.39, 0.29) is 30.5 Å². The summed E-state index contributed by atoms with van der Waals surface area (Å²) in [6.07, 6.45) is -1.19. The van der Waals surface area contributed by atoms with Crippen molar-refractivity contribution in [2.24, 2.45) is 0 Å². The number of hydrogen-bond donors (Lipinski definition) is 1. The molecule has 128 valence electrons. The van der Waals surface area contributed by atoms with Gasteiger partial charge in [0.15, 0.2) is 0 Å². The van der Waals surface area contributed by atoms with Crippen molar-refractivity contribution < 1.29 is 18.3 Å². The molecule has 2 heterocycles. The molecule has 8 heteroatoms. The van der Waals surface area contributed by atoms with Crippen LogP contribution in [0.4, 0.5) is 14.6 Å². The van der Waals surface area contributed by atoms with Gasteiger partial charge in [-0.1, -0.05) is 23.7 Å². The van der Waals surface area contributed by atoms with Gasteiger partial charge in [0.2, 0.25) is 0 Å². The van der Waals surface area contributed by atoms with Gasteiger partial charge in [-0.25, -0.2) is 18.3 Å². The monoisotopic (exact) mass is 355 g/mol. The Labute approximate surface area is 142 Å². The van der Waals surface area contributed by atoms with Gasteiger partial charge in [0.25, 0.3) is 6.43 Å². The Bertz CT molecular complexity index is 733. The predicted molar refractivity (Wildman–Crippen MR) is 85.7 cm³/mol. The van der Waals surface area contributed by atoms with E-state index in [1.54, 1.807) is 31.2 Å². The van der Waals surface area contributed by atoms with E-state index in [4.69, 9.17) is 16.3 Å². The van der Waals surface area contributed by atoms with Crippen LogP contribution in [0.5, 0.6) is 0 Å². The zero-order valence-corrected chi connectivity index (χ0v) is 13.6. The number of aromatic nitrogens is 2. The van der Waals surface area contributed by atoms with Crippen molar-refractivity contribution in [1.29, 1.82) is 0 Å². The molecule has 1 aromatic carbocycles. The number of hydrogen-bond acceptors (Lipinski definition) is 4. The van der Waals surface area contributed by atoms with Gasteiger partial charge in [0, 0.05) is 5.02 Å². The summed E-state index contributed by atoms with van der Waals surface area (Å²) in [6, 6.07) is 5.46. The molecule has 1 aliphatic heterocycles. The molecule has 24 heavy (non-hydrogen) atoms. The van der Waals surface area contributed by atoms with E-state index >= 15 is 0 Å². The molecule has 3 rings (SSSR count). The molecule has 0 aliphatic carbocycles. The molecule has 1 aromatic heterocycles. The van der Waals surface area contributed by atoms with Crippen molar-refractivity contribution in [3.63, 3.8) is 0 Å². The second-order valence-corrected chi connectivity index (χ2v) is 5.89. The first-order valence-corrected chi connectivity index (χ1v) is 7.93. The van der Waals surface area contributed by atoms with E-state index in [2.05, 4.69) is 10.4 Å². The van der Waals surface area contributed by atoms with Crippen LogP contribution in [0.3, 0.4) is 0 Å². The molecular formula is C16H16ClF2N3O2. The van der Waals surface area contributed by atoms with Crippen LogP contribution in [0.15, 0.2) is 30.5 Å². The van der Waals surface area contributed by atoms with E-state index in [9.17, 15) is 13.6 Å². The number of ether oxygens (including phenoxy) is 1. The Morgan fingerprint density at radius 3 is 2.79 bits per heavy atom. The summed E-state index contributed by atoms with van der Waals surface area (Å²) >= 11 is 5.88. The molecule has 0 spiro atoms. The molecule has 0 amide bonds. The summed E-state index contributed by atoms with van der Waals surface area (Å²) < 4.78 is 33.1. The van der Waals surface area contributed by atoms with Gasteiger partial charge in [-0.15, -0.1) is 0 Å². The van der Waals surface area contributed by atoms with Crippen molar-refractivity contribution in [1.82, 2.24) is 9.78 Å². The fraction of sp³-hybridized carbons (Fsp3) is 0.375. The third-order valence-corrected chi connectivity index (χ3v) is 4.21. The van der Waals surface area contributed by atoms with E-state index in [1.807, 2.05) is 0 Å². The minimum atomic E-state index is -2.60. The molecule has 2 aromatic rings. The molecule has 0 unspecified atom stereocenters. The lowest BCUT2D eigenvalue weighted by atomic mass is 9.97. The Hall–Kier alpha value is -2.15. The number of nitrogens with zero attached hydrogens (tertiary/aromatic N) is 2. The van der Waals surface area contributed by atoms with Crippen LogP contribution in [0.1, 0.15) is 41.3 Å². The summed E-state index contributed by atoms with van der Waals surface area (Å²) in [4.78, 5) is 12.0. The van der Waals surface area contributed by atoms with Crippen LogP contribution < -0.4 is 5.32 Å². The first-order valence-electron chi connectivity index (χ1n) is 7.56. The molecule has 0 radical (unpaired) electrons. The molecule has 0 saturated carbocycles. The quantitative estimate of drug-likeness (QED) is 0.840. The highest BCUT2D eigenvalue weighted by molar-refractivity contribution is 6.30. The van der Waals surface area contributed by atoms with Crippen LogP contribution in [0.2, 0.25) is 5.02 Å². The van der Waals surface area contributed by atoms with E-state index in [0.29, 0.717) is 5.02 Å². The highest BCUT2D eigenvalue weighted by Crippen LogP contribution is 2.39. The van der Waals surface area contributed by atoms with E-state index in [1.165, 1.54) is 10.9 Å². The summed E-state index contributed by atoms with van der Waals surface area (Å²) in [6.45, 7) is 1.88. The van der Waals surface area contributed by atoms with Gasteiger partial charge >= 0.3 is 5.97 Å². The number of esters is 1. The maximum absolute atomic E-state index is 13.5. The fourth-order valence-corrected chi connectivity index (χ4v) is 2.93. The van der Waals surface area contributed by atoms with Gasteiger partial charge in [-0.2, -0.15) is 5.10 Å². The number of carbonyl (C=O) groups is 1. The van der Waals surface area contributed by atoms with Crippen LogP contribution in [0.25, 0.3) is 0 Å². The Balaban J connectivity index is 1.98. The fourth-order valence-electron chi connectivity index (χ4n) is 2.81. The standard InChI is InChI=1S/C16H16ClF2N3O2/c1-2-24-16(23)11-8-20-22-13(14(18)19)7-12(21-15(11)22)9-3-5-10(17)6-4-9/h3-6,8,12-14,21H,2,7H2,1H3/t12-,13+/m0/s1. The van der Waals surface area contributed by atoms with Crippen molar-refractivity contribution in [3.8, 4) is 0 Å². The zero-order valence-electron chi connectivity index (χ0n) is 12.9. The molecular weight excluding hydrogens is 340 g/mol. The number of fused-ring (bicyclic) bond motifs is 1. The minimum absolute atomic E-state index is 0.149. The third-order valence-electron chi connectivity index (χ3n) is 3.96. The van der Waals surface area contributed by atoms with Gasteiger partial charge in [0.1, 0.15) is 17.4 Å². The van der Waals surface area contributed by atoms with Crippen molar-refractivity contribution in [2.45, 2.75) is 31.9 Å². The second kappa shape index (κ2) is 6.76. The van der Waals surface area contributed by atoms with Crippen molar-refractivity contribution in [2.75, 3.05) is 11.9 Å². The topological polar surface area (TPSA) is 56.1 Å². The zero-order chi connectivity index (χ0) is 17.3. The predicted octanol–water partition coefficient (Wildman–Crippen LogP) is 4.08. The highest BCUT2D eigenvalue weighted by atomic mass is 35.5. The first kappa shape index (κ1) is 16.7. The highest BCUT2D eigenvalue weighted by Gasteiger charge is 2.36. The van der Waals surface area contributed by atoms with Crippen LogP contribution in [0, 0.1) is 0 Å². The first-order chi connectivity index (χ1) is 11.5.